The molecule has 0 aliphatic rings. The molecule has 0 unspecified atom stereocenters. The minimum Gasteiger partial charge on any atom is -0.508 e. The van der Waals surface area contributed by atoms with Crippen molar-refractivity contribution in [2.75, 3.05) is 6.61 Å². The number of benzene rings is 1. The van der Waals surface area contributed by atoms with Crippen LogP contribution in [0.3, 0.4) is 0 Å². The number of hydrogen-bond acceptors (Lipinski definition) is 3. The summed E-state index contributed by atoms with van der Waals surface area (Å²) in [5.41, 5.74) is 1.87. The molecule has 1 aromatic rings. The topological polar surface area (TPSA) is 46.5 Å². The third-order valence-corrected chi connectivity index (χ3v) is 5.25. The molecule has 0 bridgehead atoms. The third kappa shape index (κ3) is 10.7. The van der Waals surface area contributed by atoms with E-state index in [1.54, 1.807) is 6.07 Å². The molecule has 160 valence electrons. The number of phenolic OH excluding ortho intramolecular Hbond substituents is 1. The second kappa shape index (κ2) is 13.6. The Morgan fingerprint density at radius 1 is 0.929 bits per heavy atom. The molecule has 3 nitrogen and oxygen atoms in total. The molecule has 0 atom stereocenters. The number of ether oxygens (including phenoxy) is 1. The molecule has 0 amide bonds. The van der Waals surface area contributed by atoms with Crippen LogP contribution in [0.5, 0.6) is 5.75 Å². The van der Waals surface area contributed by atoms with E-state index in [-0.39, 0.29) is 11.4 Å². The second-order valence-corrected chi connectivity index (χ2v) is 9.00. The number of rotatable bonds is 14. The third-order valence-electron chi connectivity index (χ3n) is 5.25. The number of carbonyl (C=O) groups excluding carboxylic acids is 1. The van der Waals surface area contributed by atoms with Crippen LogP contribution in [0.4, 0.5) is 0 Å². The van der Waals surface area contributed by atoms with Gasteiger partial charge in [0, 0.05) is 6.42 Å². The fourth-order valence-electron chi connectivity index (χ4n) is 3.43. The predicted molar refractivity (Wildman–Crippen MR) is 118 cm³/mol. The van der Waals surface area contributed by atoms with Gasteiger partial charge in [0.25, 0.3) is 0 Å². The van der Waals surface area contributed by atoms with Gasteiger partial charge < -0.3 is 9.84 Å². The molecule has 0 saturated carbocycles. The molecule has 1 rings (SSSR count). The minimum absolute atomic E-state index is 0.115. The van der Waals surface area contributed by atoms with E-state index in [4.69, 9.17) is 4.74 Å². The lowest BCUT2D eigenvalue weighted by atomic mass is 9.85. The summed E-state index contributed by atoms with van der Waals surface area (Å²) in [4.78, 5) is 12.0. The number of aryl methyl sites for hydroxylation is 1. The number of hydrogen-bond donors (Lipinski definition) is 1. The summed E-state index contributed by atoms with van der Waals surface area (Å²) in [6.45, 7) is 9.02. The average Bonchev–Trinajstić information content (AvgIpc) is 2.64. The number of unbranched alkanes of at least 4 members (excludes halogenated alkanes) is 9. The summed E-state index contributed by atoms with van der Waals surface area (Å²) in [6, 6.07) is 5.62. The highest BCUT2D eigenvalue weighted by atomic mass is 16.5. The maximum Gasteiger partial charge on any atom is 0.306 e. The van der Waals surface area contributed by atoms with Crippen LogP contribution in [-0.4, -0.2) is 17.7 Å². The van der Waals surface area contributed by atoms with E-state index in [1.165, 1.54) is 51.4 Å². The molecule has 0 aliphatic heterocycles. The average molecular weight is 391 g/mol. The molecule has 1 N–H and O–H groups in total. The van der Waals surface area contributed by atoms with Crippen molar-refractivity contribution in [2.45, 2.75) is 110 Å². The molecule has 0 fully saturated rings. The van der Waals surface area contributed by atoms with Gasteiger partial charge in [-0.1, -0.05) is 97.6 Å². The molecule has 0 aromatic heterocycles. The van der Waals surface area contributed by atoms with Crippen molar-refractivity contribution < 1.29 is 14.6 Å². The maximum atomic E-state index is 12.0. The van der Waals surface area contributed by atoms with E-state index in [2.05, 4.69) is 27.7 Å². The Morgan fingerprint density at radius 3 is 2.07 bits per heavy atom. The van der Waals surface area contributed by atoms with Gasteiger partial charge in [0.15, 0.2) is 0 Å². The molecule has 0 aliphatic carbocycles. The Balaban J connectivity index is 2.10. The van der Waals surface area contributed by atoms with Crippen LogP contribution in [0, 0.1) is 0 Å². The summed E-state index contributed by atoms with van der Waals surface area (Å²) in [5, 5.41) is 10.0. The van der Waals surface area contributed by atoms with Crippen LogP contribution < -0.4 is 0 Å². The largest absolute Gasteiger partial charge is 0.508 e. The first-order valence-corrected chi connectivity index (χ1v) is 11.3. The van der Waals surface area contributed by atoms with Gasteiger partial charge >= 0.3 is 5.97 Å². The van der Waals surface area contributed by atoms with Gasteiger partial charge in [0.1, 0.15) is 5.75 Å². The Kier molecular flexibility index (Phi) is 11.9. The normalized spacial score (nSPS) is 11.6. The van der Waals surface area contributed by atoms with E-state index >= 15 is 0 Å². The molecular formula is C25H42O3. The van der Waals surface area contributed by atoms with Crippen molar-refractivity contribution in [3.63, 3.8) is 0 Å². The van der Waals surface area contributed by atoms with Crippen LogP contribution in [0.25, 0.3) is 0 Å². The molecule has 0 heterocycles. The molecule has 0 saturated heterocycles. The molecule has 3 heteroatoms. The van der Waals surface area contributed by atoms with Crippen LogP contribution in [-0.2, 0) is 21.4 Å². The number of aromatic hydroxyl groups is 1. The Hall–Kier alpha value is -1.51. The van der Waals surface area contributed by atoms with Gasteiger partial charge in [-0.15, -0.1) is 0 Å². The van der Waals surface area contributed by atoms with Gasteiger partial charge in [0.05, 0.1) is 6.61 Å². The van der Waals surface area contributed by atoms with Gasteiger partial charge in [-0.2, -0.15) is 0 Å². The highest BCUT2D eigenvalue weighted by Gasteiger charge is 2.18. The van der Waals surface area contributed by atoms with E-state index in [0.29, 0.717) is 25.2 Å². The van der Waals surface area contributed by atoms with Gasteiger partial charge in [-0.3, -0.25) is 4.79 Å². The molecule has 0 spiro atoms. The van der Waals surface area contributed by atoms with E-state index < -0.39 is 0 Å². The maximum absolute atomic E-state index is 12.0. The molecule has 1 aromatic carbocycles. The lowest BCUT2D eigenvalue weighted by Crippen LogP contribution is -2.12. The fraction of sp³-hybridized carbons (Fsp3) is 0.720. The van der Waals surface area contributed by atoms with Gasteiger partial charge in [-0.25, -0.2) is 0 Å². The van der Waals surface area contributed by atoms with E-state index in [9.17, 15) is 9.90 Å². The van der Waals surface area contributed by atoms with Crippen LogP contribution in [0.2, 0.25) is 0 Å². The highest BCUT2D eigenvalue weighted by molar-refractivity contribution is 5.69. The summed E-state index contributed by atoms with van der Waals surface area (Å²) >= 11 is 0. The monoisotopic (exact) mass is 390 g/mol. The summed E-state index contributed by atoms with van der Waals surface area (Å²) in [6.07, 6.45) is 13.9. The first-order chi connectivity index (χ1) is 13.3. The molecular weight excluding hydrogens is 348 g/mol. The number of phenols is 1. The smallest absolute Gasteiger partial charge is 0.306 e. The Morgan fingerprint density at radius 2 is 1.50 bits per heavy atom. The zero-order chi connectivity index (χ0) is 20.8. The van der Waals surface area contributed by atoms with Crippen molar-refractivity contribution >= 4 is 5.97 Å². The fourth-order valence-corrected chi connectivity index (χ4v) is 3.43. The van der Waals surface area contributed by atoms with Crippen molar-refractivity contribution in [1.82, 2.24) is 0 Å². The van der Waals surface area contributed by atoms with E-state index in [0.717, 1.165) is 24.0 Å². The van der Waals surface area contributed by atoms with Crippen molar-refractivity contribution in [3.05, 3.63) is 29.3 Å². The lowest BCUT2D eigenvalue weighted by molar-refractivity contribution is -0.143. The van der Waals surface area contributed by atoms with Gasteiger partial charge in [0.2, 0.25) is 0 Å². The number of carbonyl (C=O) groups is 1. The van der Waals surface area contributed by atoms with Gasteiger partial charge in [-0.05, 0) is 35.4 Å². The zero-order valence-corrected chi connectivity index (χ0v) is 18.7. The zero-order valence-electron chi connectivity index (χ0n) is 18.7. The summed E-state index contributed by atoms with van der Waals surface area (Å²) in [7, 11) is 0. The second-order valence-electron chi connectivity index (χ2n) is 9.00. The molecule has 28 heavy (non-hydrogen) atoms. The van der Waals surface area contributed by atoms with Crippen LogP contribution in [0.1, 0.15) is 109 Å². The lowest BCUT2D eigenvalue weighted by Gasteiger charge is -2.21. The summed E-state index contributed by atoms with van der Waals surface area (Å²) in [5.74, 6) is 0.195. The predicted octanol–water partition coefficient (Wildman–Crippen LogP) is 7.09. The SMILES string of the molecule is CCCCCCCCCCCCOC(=O)CCc1ccc(O)c(C(C)(C)C)c1. The first-order valence-electron chi connectivity index (χ1n) is 11.3. The van der Waals surface area contributed by atoms with Crippen molar-refractivity contribution in [1.29, 1.82) is 0 Å². The standard InChI is InChI=1S/C25H42O3/c1-5-6-7-8-9-10-11-12-13-14-19-28-24(27)18-16-21-15-17-23(26)22(20-21)25(2,3)4/h15,17,20,26H,5-14,16,18-19H2,1-4H3. The van der Waals surface area contributed by atoms with Crippen molar-refractivity contribution in [3.8, 4) is 5.75 Å². The first kappa shape index (κ1) is 24.5. The Labute approximate surface area is 172 Å². The van der Waals surface area contributed by atoms with Crippen LogP contribution in [0.15, 0.2) is 18.2 Å². The number of esters is 1. The van der Waals surface area contributed by atoms with E-state index in [1.807, 2.05) is 12.1 Å². The van der Waals surface area contributed by atoms with Crippen molar-refractivity contribution in [2.24, 2.45) is 0 Å². The quantitative estimate of drug-likeness (QED) is 0.272. The summed E-state index contributed by atoms with van der Waals surface area (Å²) < 4.78 is 5.37. The van der Waals surface area contributed by atoms with Crippen LogP contribution >= 0.6 is 0 Å². The highest BCUT2D eigenvalue weighted by Crippen LogP contribution is 2.31. The Bertz CT molecular complexity index is 557. The minimum atomic E-state index is -0.124. The molecule has 0 radical (unpaired) electrons.